The summed E-state index contributed by atoms with van der Waals surface area (Å²) < 4.78 is 0.0432. The first-order chi connectivity index (χ1) is 7.06. The van der Waals surface area contributed by atoms with Gasteiger partial charge in [-0.1, -0.05) is 47.7 Å². The van der Waals surface area contributed by atoms with Crippen LogP contribution < -0.4 is 5.32 Å². The Balaban J connectivity index is 2.85. The summed E-state index contributed by atoms with van der Waals surface area (Å²) in [5.41, 5.74) is 3.18. The van der Waals surface area contributed by atoms with Crippen LogP contribution in [0, 0.1) is 13.8 Å². The fourth-order valence-corrected chi connectivity index (χ4v) is 1.55. The fourth-order valence-electron chi connectivity index (χ4n) is 1.40. The second-order valence-corrected chi connectivity index (χ2v) is 5.14. The smallest absolute Gasteiger partial charge is 0.237 e. The number of carbonyl (C=O) groups excluding carboxylic acids is 1. The van der Waals surface area contributed by atoms with E-state index in [-0.39, 0.29) is 9.83 Å². The van der Waals surface area contributed by atoms with Gasteiger partial charge in [0.2, 0.25) is 5.91 Å². The molecule has 1 aromatic rings. The molecule has 0 saturated carbocycles. The Morgan fingerprint density at radius 1 is 1.40 bits per heavy atom. The molecule has 1 N–H and O–H groups in total. The van der Waals surface area contributed by atoms with Gasteiger partial charge >= 0.3 is 0 Å². The lowest BCUT2D eigenvalue weighted by Gasteiger charge is -2.13. The van der Waals surface area contributed by atoms with Crippen molar-refractivity contribution in [3.8, 4) is 0 Å². The number of amides is 1. The maximum Gasteiger partial charge on any atom is 0.237 e. The third-order valence-corrected chi connectivity index (χ3v) is 3.82. The molecule has 1 atom stereocenters. The lowest BCUT2D eigenvalue weighted by molar-refractivity contribution is -0.115. The molecule has 0 heterocycles. The topological polar surface area (TPSA) is 29.1 Å². The molecule has 0 fully saturated rings. The van der Waals surface area contributed by atoms with Crippen molar-refractivity contribution in [2.45, 2.75) is 31.1 Å². The van der Waals surface area contributed by atoms with Crippen LogP contribution in [0.1, 0.15) is 24.5 Å². The molecule has 1 rings (SSSR count). The van der Waals surface area contributed by atoms with Gasteiger partial charge in [-0.05, 0) is 31.4 Å². The Kier molecular flexibility index (Phi) is 4.57. The van der Waals surface area contributed by atoms with Gasteiger partial charge in [0.15, 0.2) is 0 Å². The zero-order valence-electron chi connectivity index (χ0n) is 9.30. The van der Waals surface area contributed by atoms with Crippen LogP contribution in [0.3, 0.4) is 0 Å². The van der Waals surface area contributed by atoms with Crippen LogP contribution >= 0.6 is 22.6 Å². The summed E-state index contributed by atoms with van der Waals surface area (Å²) in [7, 11) is 0. The number of hydrogen-bond acceptors (Lipinski definition) is 1. The van der Waals surface area contributed by atoms with Gasteiger partial charge in [-0.2, -0.15) is 0 Å². The van der Waals surface area contributed by atoms with Gasteiger partial charge in [0.05, 0.1) is 3.92 Å². The lowest BCUT2D eigenvalue weighted by Crippen LogP contribution is -2.22. The zero-order chi connectivity index (χ0) is 11.4. The van der Waals surface area contributed by atoms with E-state index in [4.69, 9.17) is 0 Å². The first kappa shape index (κ1) is 12.5. The third-order valence-electron chi connectivity index (χ3n) is 2.37. The molecule has 0 aliphatic heterocycles. The number of carbonyl (C=O) groups is 1. The molecule has 15 heavy (non-hydrogen) atoms. The van der Waals surface area contributed by atoms with Crippen LogP contribution in [0.25, 0.3) is 0 Å². The first-order valence-electron chi connectivity index (χ1n) is 5.07. The molecule has 0 saturated heterocycles. The van der Waals surface area contributed by atoms with E-state index in [9.17, 15) is 4.79 Å². The molecule has 1 amide bonds. The summed E-state index contributed by atoms with van der Waals surface area (Å²) in [4.78, 5) is 11.7. The number of alkyl halides is 1. The highest BCUT2D eigenvalue weighted by molar-refractivity contribution is 14.1. The second kappa shape index (κ2) is 5.49. The largest absolute Gasteiger partial charge is 0.325 e. The number of aryl methyl sites for hydroxylation is 2. The average Bonchev–Trinajstić information content (AvgIpc) is 2.22. The van der Waals surface area contributed by atoms with E-state index in [1.807, 2.05) is 39.0 Å². The maximum absolute atomic E-state index is 11.7. The van der Waals surface area contributed by atoms with Gasteiger partial charge in [0, 0.05) is 5.69 Å². The molecule has 0 aromatic heterocycles. The minimum Gasteiger partial charge on any atom is -0.325 e. The highest BCUT2D eigenvalue weighted by atomic mass is 127. The molecular weight excluding hydrogens is 301 g/mol. The van der Waals surface area contributed by atoms with Crippen LogP contribution in [0.2, 0.25) is 0 Å². The number of para-hydroxylation sites is 1. The third kappa shape index (κ3) is 3.19. The predicted molar refractivity (Wildman–Crippen MR) is 72.6 cm³/mol. The normalized spacial score (nSPS) is 12.3. The molecular formula is C12H16INO. The van der Waals surface area contributed by atoms with Crippen LogP contribution in [-0.4, -0.2) is 9.83 Å². The van der Waals surface area contributed by atoms with Crippen LogP contribution in [0.15, 0.2) is 18.2 Å². The van der Waals surface area contributed by atoms with E-state index < -0.39 is 0 Å². The first-order valence-corrected chi connectivity index (χ1v) is 6.32. The highest BCUT2D eigenvalue weighted by Crippen LogP contribution is 2.20. The molecule has 0 radical (unpaired) electrons. The number of halogens is 1. The molecule has 0 aliphatic carbocycles. The number of hydrogen-bond donors (Lipinski definition) is 1. The number of nitrogens with one attached hydrogen (secondary N) is 1. The van der Waals surface area contributed by atoms with Crippen molar-refractivity contribution in [1.29, 1.82) is 0 Å². The van der Waals surface area contributed by atoms with Crippen LogP contribution in [0.4, 0.5) is 5.69 Å². The molecule has 0 bridgehead atoms. The van der Waals surface area contributed by atoms with Crippen molar-refractivity contribution >= 4 is 34.2 Å². The molecule has 1 aromatic carbocycles. The van der Waals surface area contributed by atoms with Crippen LogP contribution in [-0.2, 0) is 4.79 Å². The SMILES string of the molecule is CCC(I)C(=O)Nc1c(C)cccc1C. The Bertz CT molecular complexity index is 342. The Morgan fingerprint density at radius 2 is 1.93 bits per heavy atom. The van der Waals surface area contributed by atoms with E-state index in [0.29, 0.717) is 0 Å². The molecule has 2 nitrogen and oxygen atoms in total. The molecule has 3 heteroatoms. The molecule has 1 unspecified atom stereocenters. The van der Waals surface area contributed by atoms with Crippen molar-refractivity contribution < 1.29 is 4.79 Å². The van der Waals surface area contributed by atoms with Crippen molar-refractivity contribution in [3.05, 3.63) is 29.3 Å². The van der Waals surface area contributed by atoms with E-state index in [1.54, 1.807) is 0 Å². The Labute approximate surface area is 105 Å². The average molecular weight is 317 g/mol. The van der Waals surface area contributed by atoms with Crippen molar-refractivity contribution in [1.82, 2.24) is 0 Å². The van der Waals surface area contributed by atoms with Crippen molar-refractivity contribution in [2.24, 2.45) is 0 Å². The standard InChI is InChI=1S/C12H16INO/c1-4-10(13)12(15)14-11-8(2)6-5-7-9(11)3/h5-7,10H,4H2,1-3H3,(H,14,15). The van der Waals surface area contributed by atoms with Crippen molar-refractivity contribution in [3.63, 3.8) is 0 Å². The Hall–Kier alpha value is -0.580. The molecule has 0 spiro atoms. The van der Waals surface area contributed by atoms with E-state index in [2.05, 4.69) is 27.9 Å². The summed E-state index contributed by atoms with van der Waals surface area (Å²) in [6.07, 6.45) is 0.858. The van der Waals surface area contributed by atoms with Gasteiger partial charge in [-0.25, -0.2) is 0 Å². The summed E-state index contributed by atoms with van der Waals surface area (Å²) in [6.45, 7) is 6.04. The lowest BCUT2D eigenvalue weighted by atomic mass is 10.1. The van der Waals surface area contributed by atoms with Gasteiger partial charge < -0.3 is 5.32 Å². The summed E-state index contributed by atoms with van der Waals surface area (Å²) >= 11 is 2.17. The highest BCUT2D eigenvalue weighted by Gasteiger charge is 2.13. The minimum atomic E-state index is 0.0432. The van der Waals surface area contributed by atoms with Gasteiger partial charge in [0.25, 0.3) is 0 Å². The number of rotatable bonds is 3. The summed E-state index contributed by atoms with van der Waals surface area (Å²) in [5.74, 6) is 0.0931. The minimum absolute atomic E-state index is 0.0432. The van der Waals surface area contributed by atoms with E-state index >= 15 is 0 Å². The monoisotopic (exact) mass is 317 g/mol. The zero-order valence-corrected chi connectivity index (χ0v) is 11.5. The van der Waals surface area contributed by atoms with Gasteiger partial charge in [0.1, 0.15) is 0 Å². The van der Waals surface area contributed by atoms with Crippen molar-refractivity contribution in [2.75, 3.05) is 5.32 Å². The number of benzene rings is 1. The van der Waals surface area contributed by atoms with E-state index in [0.717, 1.165) is 23.2 Å². The molecule has 82 valence electrons. The summed E-state index contributed by atoms with van der Waals surface area (Å²) in [5, 5.41) is 2.98. The van der Waals surface area contributed by atoms with Crippen LogP contribution in [0.5, 0.6) is 0 Å². The quantitative estimate of drug-likeness (QED) is 0.671. The van der Waals surface area contributed by atoms with E-state index in [1.165, 1.54) is 0 Å². The van der Waals surface area contributed by atoms with Gasteiger partial charge in [-0.3, -0.25) is 4.79 Å². The maximum atomic E-state index is 11.7. The fraction of sp³-hybridized carbons (Fsp3) is 0.417. The van der Waals surface area contributed by atoms with Gasteiger partial charge in [-0.15, -0.1) is 0 Å². The second-order valence-electron chi connectivity index (χ2n) is 3.63. The summed E-state index contributed by atoms with van der Waals surface area (Å²) in [6, 6.07) is 6.02. The predicted octanol–water partition coefficient (Wildman–Crippen LogP) is 3.46. The Morgan fingerprint density at radius 3 is 2.40 bits per heavy atom. The number of anilines is 1. The molecule has 0 aliphatic rings.